The van der Waals surface area contributed by atoms with Crippen molar-refractivity contribution in [1.29, 1.82) is 0 Å². The number of nitrogens with zero attached hydrogens (tertiary/aromatic N) is 4. The molecular formula is C27H30N4O3S. The number of ether oxygens (including phenoxy) is 2. The predicted molar refractivity (Wildman–Crippen MR) is 136 cm³/mol. The molecule has 1 aliphatic carbocycles. The number of hydrogen-bond donors (Lipinski definition) is 0. The lowest BCUT2D eigenvalue weighted by Gasteiger charge is -2.21. The second-order valence-electron chi connectivity index (χ2n) is 9.04. The molecular weight excluding hydrogens is 460 g/mol. The fourth-order valence-corrected chi connectivity index (χ4v) is 5.54. The molecule has 5 rings (SSSR count). The summed E-state index contributed by atoms with van der Waals surface area (Å²) in [5, 5.41) is 5.09. The van der Waals surface area contributed by atoms with E-state index in [-0.39, 0.29) is 5.97 Å². The summed E-state index contributed by atoms with van der Waals surface area (Å²) < 4.78 is 21.5. The normalized spacial score (nSPS) is 14.3. The maximum atomic E-state index is 13.3. The Balaban J connectivity index is 1.60. The molecule has 2 aromatic carbocycles. The number of benzene rings is 2. The summed E-state index contributed by atoms with van der Waals surface area (Å²) in [6, 6.07) is 14.0. The van der Waals surface area contributed by atoms with Gasteiger partial charge in [0.1, 0.15) is 16.8 Å². The van der Waals surface area contributed by atoms with Crippen molar-refractivity contribution in [2.45, 2.75) is 57.9 Å². The van der Waals surface area contributed by atoms with E-state index in [4.69, 9.17) is 14.6 Å². The number of esters is 1. The largest absolute Gasteiger partial charge is 0.497 e. The Morgan fingerprint density at radius 2 is 1.89 bits per heavy atom. The number of methoxy groups -OCH3 is 1. The fourth-order valence-electron chi connectivity index (χ4n) is 5.02. The van der Waals surface area contributed by atoms with Crippen molar-refractivity contribution in [2.24, 2.45) is 0 Å². The van der Waals surface area contributed by atoms with Crippen LogP contribution in [0.5, 0.6) is 5.75 Å². The van der Waals surface area contributed by atoms with Crippen LogP contribution in [0.3, 0.4) is 0 Å². The minimum absolute atomic E-state index is 0.317. The third kappa shape index (κ3) is 5.07. The van der Waals surface area contributed by atoms with Gasteiger partial charge in [0.05, 0.1) is 37.7 Å². The molecule has 0 spiro atoms. The van der Waals surface area contributed by atoms with Gasteiger partial charge in [-0.2, -0.15) is 13.8 Å². The Morgan fingerprint density at radius 3 is 2.69 bits per heavy atom. The van der Waals surface area contributed by atoms with Crippen LogP contribution in [0.1, 0.15) is 77.8 Å². The lowest BCUT2D eigenvalue weighted by Crippen LogP contribution is -2.16. The van der Waals surface area contributed by atoms with Gasteiger partial charge in [0, 0.05) is 17.9 Å². The van der Waals surface area contributed by atoms with E-state index in [0.29, 0.717) is 31.2 Å². The average Bonchev–Trinajstić information content (AvgIpc) is 3.49. The summed E-state index contributed by atoms with van der Waals surface area (Å²) in [7, 11) is 1.66. The summed E-state index contributed by atoms with van der Waals surface area (Å²) in [5.74, 6) is 0.810. The Bertz CT molecular complexity index is 1320. The number of fused-ring (bicyclic) bond motifs is 1. The molecule has 1 fully saturated rings. The molecule has 7 nitrogen and oxygen atoms in total. The highest BCUT2D eigenvalue weighted by Gasteiger charge is 2.30. The molecule has 0 bridgehead atoms. The minimum Gasteiger partial charge on any atom is -0.497 e. The third-order valence-corrected chi connectivity index (χ3v) is 7.26. The molecule has 0 N–H and O–H groups in total. The molecule has 2 aromatic heterocycles. The molecule has 35 heavy (non-hydrogen) atoms. The van der Waals surface area contributed by atoms with Crippen LogP contribution < -0.4 is 4.74 Å². The zero-order valence-corrected chi connectivity index (χ0v) is 21.0. The Morgan fingerprint density at radius 1 is 1.06 bits per heavy atom. The van der Waals surface area contributed by atoms with Crippen LogP contribution in [0.15, 0.2) is 42.5 Å². The van der Waals surface area contributed by atoms with Crippen molar-refractivity contribution in [2.75, 3.05) is 13.7 Å². The van der Waals surface area contributed by atoms with E-state index >= 15 is 0 Å². The van der Waals surface area contributed by atoms with Gasteiger partial charge in [-0.1, -0.05) is 37.5 Å². The standard InChI is InChI=1S/C27H30N4O3S/c1-3-34-27(32)26-22(15-18-12-13-23-24(16-18)30-35-29-23)25(20-9-5-4-6-10-20)28-31(26)17-19-8-7-11-21(14-19)33-2/h7-8,11-14,16,20H,3-6,9-10,15,17H2,1-2H3. The van der Waals surface area contributed by atoms with Gasteiger partial charge in [-0.25, -0.2) is 4.79 Å². The van der Waals surface area contributed by atoms with Crippen molar-refractivity contribution < 1.29 is 14.3 Å². The zero-order chi connectivity index (χ0) is 24.2. The van der Waals surface area contributed by atoms with E-state index in [1.54, 1.807) is 7.11 Å². The monoisotopic (exact) mass is 490 g/mol. The van der Waals surface area contributed by atoms with Gasteiger partial charge >= 0.3 is 5.97 Å². The summed E-state index contributed by atoms with van der Waals surface area (Å²) in [5.41, 5.74) is 6.45. The third-order valence-electron chi connectivity index (χ3n) is 6.71. The molecule has 0 atom stereocenters. The van der Waals surface area contributed by atoms with Crippen molar-refractivity contribution in [1.82, 2.24) is 18.5 Å². The van der Waals surface area contributed by atoms with Gasteiger partial charge in [-0.3, -0.25) is 4.68 Å². The first kappa shape index (κ1) is 23.5. The first-order valence-corrected chi connectivity index (χ1v) is 13.0. The van der Waals surface area contributed by atoms with Crippen LogP contribution in [0.4, 0.5) is 0 Å². The molecule has 1 saturated carbocycles. The average molecular weight is 491 g/mol. The van der Waals surface area contributed by atoms with Gasteiger partial charge in [0.15, 0.2) is 5.69 Å². The Labute approximate surface area is 209 Å². The van der Waals surface area contributed by atoms with Gasteiger partial charge in [0.25, 0.3) is 0 Å². The quantitative estimate of drug-likeness (QED) is 0.292. The van der Waals surface area contributed by atoms with E-state index < -0.39 is 0 Å². The molecule has 0 radical (unpaired) electrons. The van der Waals surface area contributed by atoms with Crippen molar-refractivity contribution in [3.8, 4) is 5.75 Å². The summed E-state index contributed by atoms with van der Waals surface area (Å²) >= 11 is 1.22. The number of carbonyl (C=O) groups excluding carboxylic acids is 1. The van der Waals surface area contributed by atoms with Crippen molar-refractivity contribution in [3.05, 3.63) is 70.5 Å². The number of rotatable bonds is 8. The summed E-state index contributed by atoms with van der Waals surface area (Å²) in [4.78, 5) is 13.3. The first-order valence-electron chi connectivity index (χ1n) is 12.3. The van der Waals surface area contributed by atoms with Crippen molar-refractivity contribution in [3.63, 3.8) is 0 Å². The number of carbonyl (C=O) groups is 1. The molecule has 1 aliphatic rings. The molecule has 2 heterocycles. The van der Waals surface area contributed by atoms with Gasteiger partial charge < -0.3 is 9.47 Å². The van der Waals surface area contributed by atoms with Crippen LogP contribution in [0, 0.1) is 0 Å². The van der Waals surface area contributed by atoms with E-state index in [9.17, 15) is 4.79 Å². The highest BCUT2D eigenvalue weighted by atomic mass is 32.1. The topological polar surface area (TPSA) is 79.1 Å². The van der Waals surface area contributed by atoms with Crippen LogP contribution in [-0.2, 0) is 17.7 Å². The van der Waals surface area contributed by atoms with Crippen LogP contribution in [0.25, 0.3) is 11.0 Å². The second-order valence-corrected chi connectivity index (χ2v) is 9.57. The fraction of sp³-hybridized carbons (Fsp3) is 0.407. The highest BCUT2D eigenvalue weighted by Crippen LogP contribution is 2.36. The molecule has 0 unspecified atom stereocenters. The van der Waals surface area contributed by atoms with Gasteiger partial charge in [-0.05, 0) is 55.2 Å². The zero-order valence-electron chi connectivity index (χ0n) is 20.2. The molecule has 0 aliphatic heterocycles. The lowest BCUT2D eigenvalue weighted by molar-refractivity contribution is 0.0511. The SMILES string of the molecule is CCOC(=O)c1c(Cc2ccc3nsnc3c2)c(C2CCCCC2)nn1Cc1cccc(OC)c1. The minimum atomic E-state index is -0.323. The van der Waals surface area contributed by atoms with Gasteiger partial charge in [-0.15, -0.1) is 0 Å². The maximum Gasteiger partial charge on any atom is 0.356 e. The van der Waals surface area contributed by atoms with Crippen LogP contribution in [-0.4, -0.2) is 38.2 Å². The number of aromatic nitrogens is 4. The van der Waals surface area contributed by atoms with Crippen molar-refractivity contribution >= 4 is 28.7 Å². The Kier molecular flexibility index (Phi) is 7.08. The summed E-state index contributed by atoms with van der Waals surface area (Å²) in [6.07, 6.45) is 6.44. The Hall–Kier alpha value is -3.26. The van der Waals surface area contributed by atoms with Crippen LogP contribution in [0.2, 0.25) is 0 Å². The number of hydrogen-bond acceptors (Lipinski definition) is 7. The van der Waals surface area contributed by atoms with E-state index in [0.717, 1.165) is 52.0 Å². The second kappa shape index (κ2) is 10.6. The molecule has 0 saturated heterocycles. The van der Waals surface area contributed by atoms with Gasteiger partial charge in [0.2, 0.25) is 0 Å². The van der Waals surface area contributed by atoms with E-state index in [2.05, 4.69) is 20.9 Å². The van der Waals surface area contributed by atoms with E-state index in [1.165, 1.54) is 31.0 Å². The molecule has 4 aromatic rings. The first-order chi connectivity index (χ1) is 17.2. The summed E-state index contributed by atoms with van der Waals surface area (Å²) in [6.45, 7) is 2.63. The molecule has 8 heteroatoms. The maximum absolute atomic E-state index is 13.3. The predicted octanol–water partition coefficient (Wildman–Crippen LogP) is 5.76. The molecule has 0 amide bonds. The molecule has 182 valence electrons. The van der Waals surface area contributed by atoms with Crippen LogP contribution >= 0.6 is 11.7 Å². The smallest absolute Gasteiger partial charge is 0.356 e. The highest BCUT2D eigenvalue weighted by molar-refractivity contribution is 7.00. The van der Waals surface area contributed by atoms with E-state index in [1.807, 2.05) is 41.9 Å². The lowest BCUT2D eigenvalue weighted by atomic mass is 9.84.